The number of hydrogen-bond donors (Lipinski definition) is 0. The van der Waals surface area contributed by atoms with Gasteiger partial charge < -0.3 is 4.74 Å². The number of carbonyl (C=O) groups excluding carboxylic acids is 1. The first-order valence-electron chi connectivity index (χ1n) is 8.29. The lowest BCUT2D eigenvalue weighted by Crippen LogP contribution is -2.53. The lowest BCUT2D eigenvalue weighted by Gasteiger charge is -2.39. The zero-order chi connectivity index (χ0) is 17.9. The summed E-state index contributed by atoms with van der Waals surface area (Å²) >= 11 is 0. The molecule has 1 unspecified atom stereocenters. The molecular formula is C20H19N3O2. The number of anilines is 1. The van der Waals surface area contributed by atoms with Gasteiger partial charge in [0.2, 0.25) is 5.66 Å². The molecule has 2 aromatic carbocycles. The fourth-order valence-corrected chi connectivity index (χ4v) is 3.01. The Morgan fingerprint density at radius 2 is 1.84 bits per heavy atom. The molecule has 3 rings (SSSR count). The van der Waals surface area contributed by atoms with Crippen molar-refractivity contribution < 1.29 is 9.53 Å². The van der Waals surface area contributed by atoms with E-state index < -0.39 is 11.8 Å². The molecule has 25 heavy (non-hydrogen) atoms. The average molecular weight is 333 g/mol. The number of carbonyl (C=O) groups is 1. The number of fused-ring (bicyclic) bond motifs is 1. The Morgan fingerprint density at radius 3 is 2.48 bits per heavy atom. The van der Waals surface area contributed by atoms with Gasteiger partial charge in [0.25, 0.3) is 0 Å². The summed E-state index contributed by atoms with van der Waals surface area (Å²) in [6.45, 7) is 3.82. The number of benzene rings is 2. The number of rotatable bonds is 3. The Balaban J connectivity index is 2.27. The van der Waals surface area contributed by atoms with E-state index in [-0.39, 0.29) is 6.61 Å². The molecule has 0 N–H and O–H groups in total. The fourth-order valence-electron chi connectivity index (χ4n) is 3.01. The number of nitriles is 1. The van der Waals surface area contributed by atoms with Gasteiger partial charge >= 0.3 is 6.09 Å². The maximum Gasteiger partial charge on any atom is 0.417 e. The van der Waals surface area contributed by atoms with Crippen molar-refractivity contribution >= 4 is 17.5 Å². The highest BCUT2D eigenvalue weighted by Gasteiger charge is 2.45. The van der Waals surface area contributed by atoms with Crippen molar-refractivity contribution in [1.29, 1.82) is 5.26 Å². The van der Waals surface area contributed by atoms with E-state index in [1.54, 1.807) is 6.92 Å². The predicted octanol–water partition coefficient (Wildman–Crippen LogP) is 4.13. The monoisotopic (exact) mass is 333 g/mol. The highest BCUT2D eigenvalue weighted by Crippen LogP contribution is 2.38. The molecule has 2 aromatic rings. The second kappa shape index (κ2) is 6.78. The fraction of sp³-hybridized carbons (Fsp3) is 0.250. The van der Waals surface area contributed by atoms with Crippen LogP contribution < -0.4 is 4.90 Å². The molecule has 1 amide bonds. The van der Waals surface area contributed by atoms with Crippen LogP contribution in [0.5, 0.6) is 0 Å². The Kier molecular flexibility index (Phi) is 4.53. The molecule has 0 radical (unpaired) electrons. The molecule has 1 aliphatic heterocycles. The molecule has 5 nitrogen and oxygen atoms in total. The zero-order valence-electron chi connectivity index (χ0n) is 14.3. The number of amides is 1. The third-order valence-electron chi connectivity index (χ3n) is 4.24. The van der Waals surface area contributed by atoms with Gasteiger partial charge in [0.1, 0.15) is 6.07 Å². The van der Waals surface area contributed by atoms with Gasteiger partial charge in [-0.05, 0) is 13.0 Å². The van der Waals surface area contributed by atoms with Crippen LogP contribution in [0.3, 0.4) is 0 Å². The average Bonchev–Trinajstić information content (AvgIpc) is 2.67. The Hall–Kier alpha value is -3.13. The van der Waals surface area contributed by atoms with Gasteiger partial charge in [0.05, 0.1) is 18.0 Å². The maximum absolute atomic E-state index is 12.6. The Bertz CT molecular complexity index is 855. The number of para-hydroxylation sites is 1. The summed E-state index contributed by atoms with van der Waals surface area (Å²) in [6.07, 6.45) is -0.207. The second-order valence-electron chi connectivity index (χ2n) is 5.66. The number of hydrogen-bond acceptors (Lipinski definition) is 4. The molecule has 0 aliphatic carbocycles. The molecule has 1 atom stereocenters. The van der Waals surface area contributed by atoms with Gasteiger partial charge in [-0.15, -0.1) is 0 Å². The van der Waals surface area contributed by atoms with E-state index in [0.29, 0.717) is 17.8 Å². The highest BCUT2D eigenvalue weighted by molar-refractivity contribution is 6.19. The smallest absolute Gasteiger partial charge is 0.417 e. The molecule has 0 saturated carbocycles. The van der Waals surface area contributed by atoms with Crippen LogP contribution in [0.4, 0.5) is 10.5 Å². The molecular weight excluding hydrogens is 314 g/mol. The quantitative estimate of drug-likeness (QED) is 0.848. The first kappa shape index (κ1) is 16.7. The van der Waals surface area contributed by atoms with Crippen LogP contribution in [0.25, 0.3) is 0 Å². The molecule has 0 saturated heterocycles. The lowest BCUT2D eigenvalue weighted by molar-refractivity contribution is 0.154. The van der Waals surface area contributed by atoms with Crippen molar-refractivity contribution in [3.05, 3.63) is 65.7 Å². The van der Waals surface area contributed by atoms with E-state index in [1.165, 1.54) is 4.90 Å². The predicted molar refractivity (Wildman–Crippen MR) is 96.7 cm³/mol. The molecule has 0 bridgehead atoms. The molecule has 0 fully saturated rings. The standard InChI is InChI=1S/C20H19N3O2/c1-3-20(14-21)22-18(15-10-6-5-7-11-15)16-12-8-9-13-17(16)23(20)19(24)25-4-2/h5-13H,3-4H2,1-2H3. The summed E-state index contributed by atoms with van der Waals surface area (Å²) in [5.74, 6) is 0. The van der Waals surface area contributed by atoms with Crippen LogP contribution in [0.1, 0.15) is 31.4 Å². The van der Waals surface area contributed by atoms with Crippen molar-refractivity contribution in [2.75, 3.05) is 11.5 Å². The summed E-state index contributed by atoms with van der Waals surface area (Å²) in [5.41, 5.74) is 1.73. The molecule has 126 valence electrons. The minimum absolute atomic E-state index is 0.234. The first-order chi connectivity index (χ1) is 12.2. The highest BCUT2D eigenvalue weighted by atomic mass is 16.6. The second-order valence-corrected chi connectivity index (χ2v) is 5.66. The zero-order valence-corrected chi connectivity index (χ0v) is 14.3. The van der Waals surface area contributed by atoms with E-state index in [0.717, 1.165) is 11.1 Å². The van der Waals surface area contributed by atoms with Gasteiger partial charge in [-0.2, -0.15) is 5.26 Å². The van der Waals surface area contributed by atoms with Crippen molar-refractivity contribution in [3.63, 3.8) is 0 Å². The van der Waals surface area contributed by atoms with Gasteiger partial charge in [0.15, 0.2) is 0 Å². The maximum atomic E-state index is 12.6. The van der Waals surface area contributed by atoms with Gasteiger partial charge in [-0.3, -0.25) is 0 Å². The third-order valence-corrected chi connectivity index (χ3v) is 4.24. The molecule has 0 aromatic heterocycles. The van der Waals surface area contributed by atoms with Crippen LogP contribution in [-0.4, -0.2) is 24.1 Å². The van der Waals surface area contributed by atoms with E-state index in [4.69, 9.17) is 9.73 Å². The van der Waals surface area contributed by atoms with Gasteiger partial charge in [-0.25, -0.2) is 14.7 Å². The van der Waals surface area contributed by atoms with E-state index in [2.05, 4.69) is 6.07 Å². The van der Waals surface area contributed by atoms with Crippen LogP contribution in [0, 0.1) is 11.3 Å². The van der Waals surface area contributed by atoms with Crippen LogP contribution >= 0.6 is 0 Å². The first-order valence-corrected chi connectivity index (χ1v) is 8.29. The Labute approximate surface area is 147 Å². The van der Waals surface area contributed by atoms with Crippen molar-refractivity contribution in [2.24, 2.45) is 4.99 Å². The summed E-state index contributed by atoms with van der Waals surface area (Å²) in [4.78, 5) is 18.7. The molecule has 0 spiro atoms. The van der Waals surface area contributed by atoms with Crippen LogP contribution in [0.15, 0.2) is 59.6 Å². The molecule has 1 aliphatic rings. The van der Waals surface area contributed by atoms with Crippen molar-refractivity contribution in [1.82, 2.24) is 0 Å². The van der Waals surface area contributed by atoms with Crippen LogP contribution in [0.2, 0.25) is 0 Å². The largest absolute Gasteiger partial charge is 0.449 e. The van der Waals surface area contributed by atoms with E-state index >= 15 is 0 Å². The number of ether oxygens (including phenoxy) is 1. The summed E-state index contributed by atoms with van der Waals surface area (Å²) in [7, 11) is 0. The van der Waals surface area contributed by atoms with E-state index in [9.17, 15) is 10.1 Å². The SMILES string of the molecule is CCOC(=O)N1c2ccccc2C(c2ccccc2)=NC1(C#N)CC. The number of nitrogens with zero attached hydrogens (tertiary/aromatic N) is 3. The minimum atomic E-state index is -1.33. The third kappa shape index (κ3) is 2.76. The normalized spacial score (nSPS) is 18.8. The number of aliphatic imine (C=N–C) groups is 1. The van der Waals surface area contributed by atoms with Gasteiger partial charge in [-0.1, -0.05) is 55.5 Å². The molecule has 5 heteroatoms. The lowest BCUT2D eigenvalue weighted by atomic mass is 9.93. The minimum Gasteiger partial charge on any atom is -0.449 e. The topological polar surface area (TPSA) is 65.7 Å². The van der Waals surface area contributed by atoms with Crippen molar-refractivity contribution in [3.8, 4) is 6.07 Å². The van der Waals surface area contributed by atoms with Gasteiger partial charge in [0, 0.05) is 17.5 Å². The summed E-state index contributed by atoms with van der Waals surface area (Å²) in [6, 6.07) is 19.4. The van der Waals surface area contributed by atoms with E-state index in [1.807, 2.05) is 61.5 Å². The van der Waals surface area contributed by atoms with Crippen LogP contribution in [-0.2, 0) is 4.74 Å². The molecule has 1 heterocycles. The summed E-state index contributed by atoms with van der Waals surface area (Å²) in [5, 5.41) is 9.91. The summed E-state index contributed by atoms with van der Waals surface area (Å²) < 4.78 is 5.20. The Morgan fingerprint density at radius 1 is 1.16 bits per heavy atom. The van der Waals surface area contributed by atoms with Crippen molar-refractivity contribution in [2.45, 2.75) is 25.9 Å².